The van der Waals surface area contributed by atoms with Crippen molar-refractivity contribution in [3.05, 3.63) is 35.9 Å². The van der Waals surface area contributed by atoms with E-state index in [1.165, 1.54) is 0 Å². The highest BCUT2D eigenvalue weighted by molar-refractivity contribution is 5.85. The highest BCUT2D eigenvalue weighted by Crippen LogP contribution is 2.14. The average molecular weight is 255 g/mol. The number of nitrogens with one attached hydrogen (secondary N) is 2. The van der Waals surface area contributed by atoms with Gasteiger partial charge < -0.3 is 10.6 Å². The molecule has 0 spiro atoms. The van der Waals surface area contributed by atoms with Crippen LogP contribution in [0, 0.1) is 5.92 Å². The molecule has 0 radical (unpaired) electrons. The van der Waals surface area contributed by atoms with Crippen LogP contribution in [0.2, 0.25) is 0 Å². The molecule has 1 heterocycles. The van der Waals surface area contributed by atoms with Crippen LogP contribution in [0.5, 0.6) is 0 Å². The molecule has 1 aliphatic heterocycles. The number of benzene rings is 1. The first-order valence-electron chi connectivity index (χ1n) is 5.83. The van der Waals surface area contributed by atoms with Gasteiger partial charge in [-0.05, 0) is 25.5 Å². The van der Waals surface area contributed by atoms with E-state index in [0.717, 1.165) is 25.1 Å². The number of carbonyl (C=O) groups is 1. The van der Waals surface area contributed by atoms with Crippen molar-refractivity contribution < 1.29 is 4.79 Å². The minimum atomic E-state index is 0. The van der Waals surface area contributed by atoms with E-state index in [1.807, 2.05) is 37.3 Å². The summed E-state index contributed by atoms with van der Waals surface area (Å²) in [5.74, 6) is 0.313. The molecule has 0 saturated carbocycles. The van der Waals surface area contributed by atoms with Gasteiger partial charge in [0.2, 0.25) is 5.91 Å². The number of rotatable bonds is 3. The van der Waals surface area contributed by atoms with Gasteiger partial charge in [0.15, 0.2) is 0 Å². The third-order valence-electron chi connectivity index (χ3n) is 3.09. The maximum absolute atomic E-state index is 11.9. The van der Waals surface area contributed by atoms with Crippen LogP contribution in [-0.2, 0) is 4.79 Å². The largest absolute Gasteiger partial charge is 0.349 e. The zero-order valence-electron chi connectivity index (χ0n) is 9.98. The quantitative estimate of drug-likeness (QED) is 0.865. The Bertz CT molecular complexity index is 350. The first-order valence-corrected chi connectivity index (χ1v) is 5.83. The fourth-order valence-corrected chi connectivity index (χ4v) is 2.03. The predicted octanol–water partition coefficient (Wildman–Crippen LogP) is 1.90. The van der Waals surface area contributed by atoms with Crippen LogP contribution in [-0.4, -0.2) is 19.0 Å². The summed E-state index contributed by atoms with van der Waals surface area (Å²) in [6, 6.07) is 10.1. The third kappa shape index (κ3) is 3.72. The zero-order chi connectivity index (χ0) is 11.4. The molecule has 1 amide bonds. The SMILES string of the molecule is CC(NC(=O)C1CCNC1)c1ccccc1.Cl. The van der Waals surface area contributed by atoms with E-state index in [-0.39, 0.29) is 30.3 Å². The minimum absolute atomic E-state index is 0. The number of carbonyl (C=O) groups excluding carboxylic acids is 1. The Kier molecular flexibility index (Phi) is 5.45. The second-order valence-corrected chi connectivity index (χ2v) is 4.33. The van der Waals surface area contributed by atoms with Gasteiger partial charge in [-0.3, -0.25) is 4.79 Å². The summed E-state index contributed by atoms with van der Waals surface area (Å²) in [5, 5.41) is 6.26. The Morgan fingerprint density at radius 2 is 2.12 bits per heavy atom. The van der Waals surface area contributed by atoms with Crippen LogP contribution in [0.1, 0.15) is 24.9 Å². The van der Waals surface area contributed by atoms with Crippen LogP contribution < -0.4 is 10.6 Å². The van der Waals surface area contributed by atoms with Gasteiger partial charge in [0.1, 0.15) is 0 Å². The van der Waals surface area contributed by atoms with Crippen molar-refractivity contribution in [2.75, 3.05) is 13.1 Å². The van der Waals surface area contributed by atoms with E-state index in [1.54, 1.807) is 0 Å². The van der Waals surface area contributed by atoms with E-state index in [2.05, 4.69) is 10.6 Å². The average Bonchev–Trinajstić information content (AvgIpc) is 2.83. The van der Waals surface area contributed by atoms with Crippen LogP contribution in [0.15, 0.2) is 30.3 Å². The Balaban J connectivity index is 0.00000144. The molecule has 0 aromatic heterocycles. The molecule has 3 nitrogen and oxygen atoms in total. The molecule has 4 heteroatoms. The monoisotopic (exact) mass is 254 g/mol. The van der Waals surface area contributed by atoms with Crippen molar-refractivity contribution in [1.82, 2.24) is 10.6 Å². The third-order valence-corrected chi connectivity index (χ3v) is 3.09. The lowest BCUT2D eigenvalue weighted by molar-refractivity contribution is -0.125. The van der Waals surface area contributed by atoms with Gasteiger partial charge in [-0.1, -0.05) is 30.3 Å². The molecular weight excluding hydrogens is 236 g/mol. The second kappa shape index (κ2) is 6.62. The Morgan fingerprint density at radius 1 is 1.41 bits per heavy atom. The highest BCUT2D eigenvalue weighted by atomic mass is 35.5. The van der Waals surface area contributed by atoms with Crippen molar-refractivity contribution >= 4 is 18.3 Å². The molecule has 17 heavy (non-hydrogen) atoms. The van der Waals surface area contributed by atoms with Gasteiger partial charge in [-0.2, -0.15) is 0 Å². The summed E-state index contributed by atoms with van der Waals surface area (Å²) in [6.45, 7) is 3.79. The van der Waals surface area contributed by atoms with Crippen molar-refractivity contribution in [1.29, 1.82) is 0 Å². The van der Waals surface area contributed by atoms with E-state index in [9.17, 15) is 4.79 Å². The van der Waals surface area contributed by atoms with Crippen molar-refractivity contribution in [3.63, 3.8) is 0 Å². The molecule has 1 saturated heterocycles. The lowest BCUT2D eigenvalue weighted by Crippen LogP contribution is -2.33. The summed E-state index contributed by atoms with van der Waals surface area (Å²) in [5.41, 5.74) is 1.15. The Labute approximate surface area is 108 Å². The number of halogens is 1. The zero-order valence-corrected chi connectivity index (χ0v) is 10.8. The summed E-state index contributed by atoms with van der Waals surface area (Å²) < 4.78 is 0. The van der Waals surface area contributed by atoms with Gasteiger partial charge in [0.05, 0.1) is 12.0 Å². The van der Waals surface area contributed by atoms with Crippen LogP contribution in [0.4, 0.5) is 0 Å². The van der Waals surface area contributed by atoms with Gasteiger partial charge in [-0.25, -0.2) is 0 Å². The second-order valence-electron chi connectivity index (χ2n) is 4.33. The number of amides is 1. The molecule has 0 aliphatic carbocycles. The highest BCUT2D eigenvalue weighted by Gasteiger charge is 2.23. The van der Waals surface area contributed by atoms with E-state index >= 15 is 0 Å². The molecule has 1 aliphatic rings. The molecule has 1 aromatic rings. The van der Waals surface area contributed by atoms with Crippen molar-refractivity contribution in [3.8, 4) is 0 Å². The maximum atomic E-state index is 11.9. The van der Waals surface area contributed by atoms with Crippen molar-refractivity contribution in [2.45, 2.75) is 19.4 Å². The van der Waals surface area contributed by atoms with E-state index in [4.69, 9.17) is 0 Å². The standard InChI is InChI=1S/C13H18N2O.ClH/c1-10(11-5-3-2-4-6-11)15-13(16)12-7-8-14-9-12;/h2-6,10,12,14H,7-9H2,1H3,(H,15,16);1H. The Morgan fingerprint density at radius 3 is 2.71 bits per heavy atom. The summed E-state index contributed by atoms with van der Waals surface area (Å²) in [6.07, 6.45) is 0.952. The first kappa shape index (κ1) is 14.0. The summed E-state index contributed by atoms with van der Waals surface area (Å²) >= 11 is 0. The fraction of sp³-hybridized carbons (Fsp3) is 0.462. The lowest BCUT2D eigenvalue weighted by Gasteiger charge is -2.16. The van der Waals surface area contributed by atoms with Crippen LogP contribution >= 0.6 is 12.4 Å². The predicted molar refractivity (Wildman–Crippen MR) is 71.2 cm³/mol. The molecule has 1 aromatic carbocycles. The van der Waals surface area contributed by atoms with Crippen LogP contribution in [0.3, 0.4) is 0 Å². The minimum Gasteiger partial charge on any atom is -0.349 e. The molecule has 2 N–H and O–H groups in total. The number of hydrogen-bond donors (Lipinski definition) is 2. The molecule has 94 valence electrons. The smallest absolute Gasteiger partial charge is 0.224 e. The van der Waals surface area contributed by atoms with Gasteiger partial charge >= 0.3 is 0 Å². The topological polar surface area (TPSA) is 41.1 Å². The fourth-order valence-electron chi connectivity index (χ4n) is 2.03. The van der Waals surface area contributed by atoms with Gasteiger partial charge in [-0.15, -0.1) is 12.4 Å². The molecular formula is C13H19ClN2O. The summed E-state index contributed by atoms with van der Waals surface area (Å²) in [4.78, 5) is 11.9. The van der Waals surface area contributed by atoms with E-state index < -0.39 is 0 Å². The summed E-state index contributed by atoms with van der Waals surface area (Å²) in [7, 11) is 0. The maximum Gasteiger partial charge on any atom is 0.224 e. The molecule has 1 fully saturated rings. The Hall–Kier alpha value is -1.06. The normalized spacial score (nSPS) is 20.4. The molecule has 2 unspecified atom stereocenters. The van der Waals surface area contributed by atoms with Gasteiger partial charge in [0.25, 0.3) is 0 Å². The molecule has 0 bridgehead atoms. The van der Waals surface area contributed by atoms with Crippen LogP contribution in [0.25, 0.3) is 0 Å². The van der Waals surface area contributed by atoms with E-state index in [0.29, 0.717) is 0 Å². The first-order chi connectivity index (χ1) is 7.77. The number of hydrogen-bond acceptors (Lipinski definition) is 2. The van der Waals surface area contributed by atoms with Gasteiger partial charge in [0, 0.05) is 6.54 Å². The lowest BCUT2D eigenvalue weighted by atomic mass is 10.1. The molecule has 2 atom stereocenters. The molecule has 2 rings (SSSR count). The van der Waals surface area contributed by atoms with Crippen molar-refractivity contribution in [2.24, 2.45) is 5.92 Å².